The molecule has 14 heteroatoms. The number of hydrogen-bond acceptors (Lipinski definition) is 0. The summed E-state index contributed by atoms with van der Waals surface area (Å²) in [5.74, 6) is -20.0. The standard InChI is InChI=1S/C35H14F14/c1-3-13(22-26(36)30(40)24(34(44,45)46)31(41)27(22)37)15-6-4-7-16-17-8-5-9-18-19(11-10-14(21(17)18)12(2)20(15)16)23-28(38)32(42)25(35(47,48)49)33(43)29(23)39/h3-11H,2H2,1H3/b13-3+. The van der Waals surface area contributed by atoms with E-state index < -0.39 is 92.3 Å². The Morgan fingerprint density at radius 2 is 0.980 bits per heavy atom. The molecule has 6 aromatic carbocycles. The molecule has 0 saturated carbocycles. The predicted molar refractivity (Wildman–Crippen MR) is 154 cm³/mol. The largest absolute Gasteiger partial charge is 0.422 e. The molecule has 0 N–H and O–H groups in total. The van der Waals surface area contributed by atoms with Crippen LogP contribution in [0.1, 0.15) is 29.2 Å². The zero-order valence-corrected chi connectivity index (χ0v) is 24.2. The van der Waals surface area contributed by atoms with E-state index in [4.69, 9.17) is 0 Å². The van der Waals surface area contributed by atoms with E-state index in [9.17, 15) is 43.9 Å². The van der Waals surface area contributed by atoms with Crippen LogP contribution in [-0.2, 0) is 12.4 Å². The molecule has 0 spiro atoms. The quantitative estimate of drug-likeness (QED) is 0.0746. The van der Waals surface area contributed by atoms with E-state index in [0.717, 1.165) is 18.2 Å². The summed E-state index contributed by atoms with van der Waals surface area (Å²) in [6.45, 7) is 5.17. The summed E-state index contributed by atoms with van der Waals surface area (Å²) in [4.78, 5) is 0. The van der Waals surface area contributed by atoms with Crippen molar-refractivity contribution in [3.8, 4) is 11.1 Å². The van der Waals surface area contributed by atoms with Crippen LogP contribution in [-0.4, -0.2) is 0 Å². The fourth-order valence-corrected chi connectivity index (χ4v) is 6.23. The van der Waals surface area contributed by atoms with Crippen LogP contribution >= 0.6 is 0 Å². The second kappa shape index (κ2) is 11.2. The summed E-state index contributed by atoms with van der Waals surface area (Å²) in [6, 6.07) is 10.1. The summed E-state index contributed by atoms with van der Waals surface area (Å²) in [5, 5.41) is 0.611. The van der Waals surface area contributed by atoms with Gasteiger partial charge >= 0.3 is 12.4 Å². The summed E-state index contributed by atoms with van der Waals surface area (Å²) >= 11 is 0. The number of alkyl halides is 6. The van der Waals surface area contributed by atoms with Crippen molar-refractivity contribution in [2.24, 2.45) is 0 Å². The number of allylic oxidation sites excluding steroid dienone is 1. The first-order valence-corrected chi connectivity index (χ1v) is 13.8. The van der Waals surface area contributed by atoms with E-state index in [1.165, 1.54) is 43.3 Å². The summed E-state index contributed by atoms with van der Waals surface area (Å²) in [7, 11) is 0. The van der Waals surface area contributed by atoms with Crippen LogP contribution in [0.25, 0.3) is 55.6 Å². The SMILES string of the molecule is C=c1c2ccc(-c3c(F)c(F)c(C(F)(F)F)c(F)c3F)c3cccc(c4cccc(/C(=C\C)c5c(F)c(F)c(C(F)(F)F)c(F)c5F)c14)c32. The Morgan fingerprint density at radius 1 is 0.531 bits per heavy atom. The third kappa shape index (κ3) is 4.82. The first-order valence-electron chi connectivity index (χ1n) is 13.8. The number of halogens is 14. The molecule has 0 aromatic heterocycles. The molecule has 49 heavy (non-hydrogen) atoms. The maximum Gasteiger partial charge on any atom is 0.422 e. The molecule has 0 heterocycles. The van der Waals surface area contributed by atoms with Crippen LogP contribution in [0.2, 0.25) is 0 Å². The van der Waals surface area contributed by atoms with Gasteiger partial charge in [-0.3, -0.25) is 0 Å². The minimum absolute atomic E-state index is 0.0135. The maximum absolute atomic E-state index is 15.2. The van der Waals surface area contributed by atoms with Gasteiger partial charge in [-0.2, -0.15) is 26.3 Å². The van der Waals surface area contributed by atoms with Crippen molar-refractivity contribution in [3.05, 3.63) is 129 Å². The molecule has 0 nitrogen and oxygen atoms in total. The summed E-state index contributed by atoms with van der Waals surface area (Å²) in [5.41, 5.74) is -9.71. The second-order valence-electron chi connectivity index (χ2n) is 10.8. The van der Waals surface area contributed by atoms with Crippen LogP contribution in [0.15, 0.2) is 54.6 Å². The van der Waals surface area contributed by atoms with Gasteiger partial charge in [0.2, 0.25) is 0 Å². The highest BCUT2D eigenvalue weighted by Crippen LogP contribution is 2.45. The Bertz CT molecular complexity index is 2410. The molecule has 0 aliphatic carbocycles. The normalized spacial score (nSPS) is 13.0. The molecular formula is C35H14F14. The molecule has 0 amide bonds. The number of rotatable bonds is 3. The fourth-order valence-electron chi connectivity index (χ4n) is 6.23. The van der Waals surface area contributed by atoms with Crippen molar-refractivity contribution >= 4 is 44.5 Å². The third-order valence-corrected chi connectivity index (χ3v) is 8.23. The molecule has 6 rings (SSSR count). The van der Waals surface area contributed by atoms with Gasteiger partial charge in [0.15, 0.2) is 46.5 Å². The average Bonchev–Trinajstić information content (AvgIpc) is 3.02. The molecule has 0 saturated heterocycles. The van der Waals surface area contributed by atoms with Crippen LogP contribution in [0.4, 0.5) is 61.5 Å². The van der Waals surface area contributed by atoms with E-state index in [1.54, 1.807) is 0 Å². The van der Waals surface area contributed by atoms with Crippen molar-refractivity contribution in [2.75, 3.05) is 0 Å². The summed E-state index contributed by atoms with van der Waals surface area (Å²) < 4.78 is 199. The highest BCUT2D eigenvalue weighted by atomic mass is 19.4. The predicted octanol–water partition coefficient (Wildman–Crippen LogP) is 11.5. The average molecular weight is 700 g/mol. The van der Waals surface area contributed by atoms with Gasteiger partial charge < -0.3 is 0 Å². The van der Waals surface area contributed by atoms with Gasteiger partial charge in [0, 0.05) is 0 Å². The smallest absolute Gasteiger partial charge is 0.203 e. The Balaban J connectivity index is 1.69. The van der Waals surface area contributed by atoms with Crippen LogP contribution in [0.3, 0.4) is 0 Å². The highest BCUT2D eigenvalue weighted by molar-refractivity contribution is 6.25. The van der Waals surface area contributed by atoms with Crippen molar-refractivity contribution < 1.29 is 61.5 Å². The van der Waals surface area contributed by atoms with E-state index >= 15 is 17.6 Å². The van der Waals surface area contributed by atoms with Crippen molar-refractivity contribution in [1.82, 2.24) is 0 Å². The lowest BCUT2D eigenvalue weighted by Crippen LogP contribution is -2.17. The minimum Gasteiger partial charge on any atom is -0.203 e. The fraction of sp³-hybridized carbons (Fsp3) is 0.0857. The first kappa shape index (κ1) is 33.7. The Labute approximate surface area is 265 Å². The van der Waals surface area contributed by atoms with E-state index in [-0.39, 0.29) is 43.1 Å². The van der Waals surface area contributed by atoms with Crippen molar-refractivity contribution in [2.45, 2.75) is 19.3 Å². The van der Waals surface area contributed by atoms with E-state index in [0.29, 0.717) is 0 Å². The molecular weight excluding hydrogens is 686 g/mol. The zero-order chi connectivity index (χ0) is 36.1. The van der Waals surface area contributed by atoms with Gasteiger partial charge in [-0.15, -0.1) is 0 Å². The molecule has 0 atom stereocenters. The number of fused-ring (bicyclic) bond motifs is 2. The maximum atomic E-state index is 15.2. The first-order chi connectivity index (χ1) is 22.8. The topological polar surface area (TPSA) is 0 Å². The lowest BCUT2D eigenvalue weighted by molar-refractivity contribution is -0.144. The third-order valence-electron chi connectivity index (χ3n) is 8.23. The van der Waals surface area contributed by atoms with E-state index in [2.05, 4.69) is 6.58 Å². The molecule has 0 unspecified atom stereocenters. The molecule has 0 bridgehead atoms. The molecule has 0 fully saturated rings. The van der Waals surface area contributed by atoms with Gasteiger partial charge in [0.05, 0.1) is 11.1 Å². The summed E-state index contributed by atoms with van der Waals surface area (Å²) in [6.07, 6.45) is -10.6. The molecule has 6 aromatic rings. The van der Waals surface area contributed by atoms with Gasteiger partial charge in [-0.25, -0.2) is 35.1 Å². The monoisotopic (exact) mass is 700 g/mol. The Morgan fingerprint density at radius 3 is 1.47 bits per heavy atom. The molecule has 252 valence electrons. The van der Waals surface area contributed by atoms with Crippen molar-refractivity contribution in [3.63, 3.8) is 0 Å². The van der Waals surface area contributed by atoms with Gasteiger partial charge in [0.25, 0.3) is 0 Å². The minimum atomic E-state index is -5.78. The highest BCUT2D eigenvalue weighted by Gasteiger charge is 2.44. The molecule has 0 radical (unpaired) electrons. The number of benzene rings is 6. The van der Waals surface area contributed by atoms with Crippen LogP contribution in [0, 0.1) is 46.5 Å². The lowest BCUT2D eigenvalue weighted by Gasteiger charge is -2.20. The van der Waals surface area contributed by atoms with E-state index in [1.807, 2.05) is 0 Å². The Kier molecular flexibility index (Phi) is 7.72. The van der Waals surface area contributed by atoms with Crippen molar-refractivity contribution in [1.29, 1.82) is 0 Å². The Hall–Kier alpha value is -5.14. The van der Waals surface area contributed by atoms with Gasteiger partial charge in [-0.1, -0.05) is 61.2 Å². The van der Waals surface area contributed by atoms with Crippen LogP contribution < -0.4 is 5.22 Å². The molecule has 0 aliphatic rings. The number of hydrogen-bond donors (Lipinski definition) is 0. The van der Waals surface area contributed by atoms with Gasteiger partial charge in [-0.05, 0) is 61.2 Å². The lowest BCUT2D eigenvalue weighted by atomic mass is 9.85. The molecule has 0 aliphatic heterocycles. The second-order valence-corrected chi connectivity index (χ2v) is 10.8. The van der Waals surface area contributed by atoms with Gasteiger partial charge in [0.1, 0.15) is 11.1 Å². The van der Waals surface area contributed by atoms with Crippen LogP contribution in [0.5, 0.6) is 0 Å². The zero-order valence-electron chi connectivity index (χ0n) is 24.2.